The van der Waals surface area contributed by atoms with E-state index in [1.807, 2.05) is 11.1 Å². The fraction of sp³-hybridized carbons (Fsp3) is 0.933. The quantitative estimate of drug-likeness (QED) is 0.425. The second-order valence-corrected chi connectivity index (χ2v) is 14.3. The van der Waals surface area contributed by atoms with Gasteiger partial charge in [0, 0.05) is 0 Å². The van der Waals surface area contributed by atoms with Crippen LogP contribution in [0.1, 0.15) is 113 Å². The Balaban J connectivity index is 1.56. The average molecular weight is 443 g/mol. The third-order valence-electron chi connectivity index (χ3n) is 12.4. The van der Waals surface area contributed by atoms with Crippen molar-refractivity contribution >= 4 is 0 Å². The largest absolute Gasteiger partial charge is 0.393 e. The molecule has 5 aliphatic rings. The maximum absolute atomic E-state index is 10.9. The lowest BCUT2D eigenvalue weighted by Gasteiger charge is -2.62. The van der Waals surface area contributed by atoms with Gasteiger partial charge in [-0.2, -0.15) is 0 Å². The van der Waals surface area contributed by atoms with Crippen molar-refractivity contribution in [2.24, 2.45) is 45.3 Å². The van der Waals surface area contributed by atoms with Gasteiger partial charge in [-0.25, -0.2) is 0 Å². The van der Waals surface area contributed by atoms with Gasteiger partial charge in [0.15, 0.2) is 0 Å². The summed E-state index contributed by atoms with van der Waals surface area (Å²) in [4.78, 5) is 0. The molecular weight excluding hydrogens is 392 g/mol. The molecule has 1 N–H and O–H groups in total. The number of rotatable bonds is 1. The van der Waals surface area contributed by atoms with Gasteiger partial charge in [-0.3, -0.25) is 0 Å². The number of hydrogen-bond donors (Lipinski definition) is 1. The molecule has 4 aliphatic carbocycles. The first-order valence-electron chi connectivity index (χ1n) is 13.9. The van der Waals surface area contributed by atoms with Crippen molar-refractivity contribution in [3.63, 3.8) is 0 Å². The molecule has 2 nitrogen and oxygen atoms in total. The molecule has 0 aromatic heterocycles. The summed E-state index contributed by atoms with van der Waals surface area (Å²) in [6, 6.07) is 0. The number of hydrogen-bond acceptors (Lipinski definition) is 2. The van der Waals surface area contributed by atoms with Crippen LogP contribution < -0.4 is 0 Å². The predicted octanol–water partition coefficient (Wildman–Crippen LogP) is 7.55. The standard InChI is InChI=1S/C30H50O2/c1-18(2)22-11-9-19(3)26-23(32-22)17-30(8)21-10-12-24-27(4,5)25(31)14-15-28(24,6)20(21)13-16-29(26,30)7/h18-19,22-26,31H,9-17H2,1-8H3. The third-order valence-corrected chi connectivity index (χ3v) is 12.4. The molecule has 9 atom stereocenters. The lowest BCUT2D eigenvalue weighted by molar-refractivity contribution is -0.0966. The van der Waals surface area contributed by atoms with Gasteiger partial charge < -0.3 is 9.84 Å². The van der Waals surface area contributed by atoms with Crippen LogP contribution in [0.25, 0.3) is 0 Å². The highest BCUT2D eigenvalue weighted by atomic mass is 16.5. The van der Waals surface area contributed by atoms with Crippen molar-refractivity contribution in [2.45, 2.75) is 131 Å². The first-order chi connectivity index (χ1) is 14.9. The number of aliphatic hydroxyl groups is 1. The molecule has 1 heterocycles. The van der Waals surface area contributed by atoms with Crippen molar-refractivity contribution in [2.75, 3.05) is 0 Å². The molecule has 0 radical (unpaired) electrons. The summed E-state index contributed by atoms with van der Waals surface area (Å²) < 4.78 is 6.99. The Morgan fingerprint density at radius 1 is 0.906 bits per heavy atom. The van der Waals surface area contributed by atoms with E-state index in [0.717, 1.165) is 12.3 Å². The summed E-state index contributed by atoms with van der Waals surface area (Å²) in [6.07, 6.45) is 11.8. The fourth-order valence-corrected chi connectivity index (χ4v) is 10.3. The van der Waals surface area contributed by atoms with E-state index in [2.05, 4.69) is 55.4 Å². The maximum Gasteiger partial charge on any atom is 0.0623 e. The summed E-state index contributed by atoms with van der Waals surface area (Å²) >= 11 is 0. The molecule has 0 aromatic rings. The number of fused-ring (bicyclic) bond motifs is 6. The Bertz CT molecular complexity index is 795. The molecule has 1 saturated heterocycles. The fourth-order valence-electron chi connectivity index (χ4n) is 10.3. The second kappa shape index (κ2) is 7.33. The zero-order valence-electron chi connectivity index (χ0n) is 22.3. The highest BCUT2D eigenvalue weighted by Crippen LogP contribution is 2.73. The lowest BCUT2D eigenvalue weighted by atomic mass is 9.43. The molecule has 2 heteroatoms. The van der Waals surface area contributed by atoms with E-state index in [4.69, 9.17) is 4.74 Å². The van der Waals surface area contributed by atoms with Crippen molar-refractivity contribution in [3.8, 4) is 0 Å². The average Bonchev–Trinajstić information content (AvgIpc) is 2.82. The summed E-state index contributed by atoms with van der Waals surface area (Å²) in [7, 11) is 0. The molecule has 0 aromatic carbocycles. The minimum Gasteiger partial charge on any atom is -0.393 e. The molecule has 1 aliphatic heterocycles. The van der Waals surface area contributed by atoms with Crippen LogP contribution in [0.15, 0.2) is 11.1 Å². The van der Waals surface area contributed by atoms with E-state index in [1.165, 1.54) is 51.4 Å². The monoisotopic (exact) mass is 442 g/mol. The van der Waals surface area contributed by atoms with E-state index in [0.29, 0.717) is 35.4 Å². The zero-order chi connectivity index (χ0) is 23.3. The molecule has 2 saturated carbocycles. The topological polar surface area (TPSA) is 29.5 Å². The van der Waals surface area contributed by atoms with Crippen LogP contribution in [0, 0.1) is 45.3 Å². The van der Waals surface area contributed by atoms with E-state index >= 15 is 0 Å². The Labute approximate surface area is 198 Å². The van der Waals surface area contributed by atoms with Crippen LogP contribution in [0.4, 0.5) is 0 Å². The van der Waals surface area contributed by atoms with Gasteiger partial charge in [0.1, 0.15) is 0 Å². The summed E-state index contributed by atoms with van der Waals surface area (Å²) in [5, 5.41) is 10.9. The zero-order valence-corrected chi connectivity index (χ0v) is 22.3. The molecule has 0 spiro atoms. The minimum atomic E-state index is -0.146. The number of aliphatic hydroxyl groups excluding tert-OH is 1. The van der Waals surface area contributed by atoms with E-state index in [-0.39, 0.29) is 22.3 Å². The normalized spacial score (nSPS) is 52.7. The van der Waals surface area contributed by atoms with Crippen molar-refractivity contribution < 1.29 is 9.84 Å². The Kier molecular flexibility index (Phi) is 5.36. The molecular formula is C30H50O2. The van der Waals surface area contributed by atoms with Crippen LogP contribution in [0.5, 0.6) is 0 Å². The van der Waals surface area contributed by atoms with E-state index in [9.17, 15) is 5.11 Å². The van der Waals surface area contributed by atoms with Crippen molar-refractivity contribution in [3.05, 3.63) is 11.1 Å². The first-order valence-corrected chi connectivity index (χ1v) is 13.9. The summed E-state index contributed by atoms with van der Waals surface area (Å²) in [5.41, 5.74) is 4.58. The Morgan fingerprint density at radius 2 is 1.62 bits per heavy atom. The SMILES string of the molecule is CC(C)C1CCC(C)C2C(CC3(C)C4=C(CCC23C)C2(C)CCC(O)C(C)(C)C2CC4)O1. The van der Waals surface area contributed by atoms with Crippen LogP contribution in [0.3, 0.4) is 0 Å². The Morgan fingerprint density at radius 3 is 2.31 bits per heavy atom. The lowest BCUT2D eigenvalue weighted by Crippen LogP contribution is -2.55. The van der Waals surface area contributed by atoms with Gasteiger partial charge >= 0.3 is 0 Å². The van der Waals surface area contributed by atoms with E-state index < -0.39 is 0 Å². The second-order valence-electron chi connectivity index (χ2n) is 14.3. The van der Waals surface area contributed by atoms with Gasteiger partial charge in [-0.1, -0.05) is 66.5 Å². The highest BCUT2D eigenvalue weighted by molar-refractivity contribution is 5.39. The van der Waals surface area contributed by atoms with Gasteiger partial charge in [-0.15, -0.1) is 0 Å². The first kappa shape index (κ1) is 23.4. The van der Waals surface area contributed by atoms with Gasteiger partial charge in [0.25, 0.3) is 0 Å². The van der Waals surface area contributed by atoms with Gasteiger partial charge in [0.2, 0.25) is 0 Å². The molecule has 5 rings (SSSR count). The number of allylic oxidation sites excluding steroid dienone is 2. The van der Waals surface area contributed by atoms with Gasteiger partial charge in [-0.05, 0) is 103 Å². The predicted molar refractivity (Wildman–Crippen MR) is 132 cm³/mol. The van der Waals surface area contributed by atoms with Crippen LogP contribution in [-0.4, -0.2) is 23.4 Å². The molecule has 182 valence electrons. The van der Waals surface area contributed by atoms with Crippen molar-refractivity contribution in [1.29, 1.82) is 0 Å². The molecule has 3 fully saturated rings. The van der Waals surface area contributed by atoms with Crippen LogP contribution in [-0.2, 0) is 4.74 Å². The van der Waals surface area contributed by atoms with Crippen molar-refractivity contribution in [1.82, 2.24) is 0 Å². The molecule has 9 unspecified atom stereocenters. The minimum absolute atomic E-state index is 0.0247. The molecule has 32 heavy (non-hydrogen) atoms. The summed E-state index contributed by atoms with van der Waals surface area (Å²) in [5.74, 6) is 2.68. The number of ether oxygens (including phenoxy) is 1. The third kappa shape index (κ3) is 2.90. The highest BCUT2D eigenvalue weighted by Gasteiger charge is 2.66. The van der Waals surface area contributed by atoms with E-state index in [1.54, 1.807) is 0 Å². The maximum atomic E-state index is 10.9. The van der Waals surface area contributed by atoms with Crippen LogP contribution >= 0.6 is 0 Å². The van der Waals surface area contributed by atoms with Crippen LogP contribution in [0.2, 0.25) is 0 Å². The smallest absolute Gasteiger partial charge is 0.0623 e. The summed E-state index contributed by atoms with van der Waals surface area (Å²) in [6.45, 7) is 19.8. The Hall–Kier alpha value is -0.340. The van der Waals surface area contributed by atoms with Gasteiger partial charge in [0.05, 0.1) is 18.3 Å². The molecule has 0 bridgehead atoms. The molecule has 0 amide bonds.